The van der Waals surface area contributed by atoms with Crippen LogP contribution in [0.4, 0.5) is 5.69 Å². The summed E-state index contributed by atoms with van der Waals surface area (Å²) in [6.07, 6.45) is 0. The molecule has 0 N–H and O–H groups in total. The predicted molar refractivity (Wildman–Crippen MR) is 59.1 cm³/mol. The normalized spacial score (nSPS) is 10.5. The zero-order valence-electron chi connectivity index (χ0n) is 8.45. The number of halogens is 1. The third-order valence-electron chi connectivity index (χ3n) is 1.69. The van der Waals surface area contributed by atoms with Gasteiger partial charge in [-0.3, -0.25) is 10.1 Å². The number of rotatable bonds is 3. The average molecular weight is 273 g/mol. The highest BCUT2D eigenvalue weighted by molar-refractivity contribution is 7.99. The van der Waals surface area contributed by atoms with Crippen LogP contribution in [0.1, 0.15) is 5.89 Å². The molecule has 0 aliphatic heterocycles. The zero-order valence-corrected chi connectivity index (χ0v) is 10.0. The summed E-state index contributed by atoms with van der Waals surface area (Å²) in [5.74, 6) is 0.372. The van der Waals surface area contributed by atoms with Crippen molar-refractivity contribution in [1.29, 1.82) is 0 Å². The number of aryl methyl sites for hydroxylation is 1. The first-order valence-corrected chi connectivity index (χ1v) is 5.54. The van der Waals surface area contributed by atoms with Crippen molar-refractivity contribution < 1.29 is 9.34 Å². The van der Waals surface area contributed by atoms with Gasteiger partial charge in [-0.25, -0.2) is 4.98 Å². The maximum Gasteiger partial charge on any atom is 0.302 e. The Kier molecular flexibility index (Phi) is 3.25. The summed E-state index contributed by atoms with van der Waals surface area (Å²) in [6.45, 7) is 1.62. The first-order chi connectivity index (χ1) is 8.06. The molecule has 0 spiro atoms. The van der Waals surface area contributed by atoms with Crippen molar-refractivity contribution in [2.24, 2.45) is 0 Å². The monoisotopic (exact) mass is 272 g/mol. The predicted octanol–water partition coefficient (Wildman–Crippen LogP) is 2.49. The van der Waals surface area contributed by atoms with Gasteiger partial charge in [0, 0.05) is 13.0 Å². The Bertz CT molecular complexity index is 574. The van der Waals surface area contributed by atoms with Crippen molar-refractivity contribution >= 4 is 29.1 Å². The van der Waals surface area contributed by atoms with Crippen LogP contribution >= 0.6 is 23.4 Å². The highest BCUT2D eigenvalue weighted by atomic mass is 35.5. The summed E-state index contributed by atoms with van der Waals surface area (Å²) in [7, 11) is 0. The number of hydrogen-bond donors (Lipinski definition) is 0. The molecule has 0 fully saturated rings. The molecule has 2 aromatic heterocycles. The van der Waals surface area contributed by atoms with E-state index >= 15 is 0 Å². The molecule has 0 amide bonds. The van der Waals surface area contributed by atoms with Crippen LogP contribution in [0.25, 0.3) is 0 Å². The van der Waals surface area contributed by atoms with Crippen molar-refractivity contribution in [2.45, 2.75) is 17.2 Å². The van der Waals surface area contributed by atoms with Crippen LogP contribution in [-0.2, 0) is 0 Å². The number of pyridine rings is 1. The largest absolute Gasteiger partial charge is 0.416 e. The van der Waals surface area contributed by atoms with E-state index in [4.69, 9.17) is 16.0 Å². The second-order valence-electron chi connectivity index (χ2n) is 2.90. The van der Waals surface area contributed by atoms with E-state index in [1.807, 2.05) is 0 Å². The van der Waals surface area contributed by atoms with E-state index in [9.17, 15) is 10.1 Å². The molecule has 0 aliphatic rings. The Morgan fingerprint density at radius 2 is 2.24 bits per heavy atom. The summed E-state index contributed by atoms with van der Waals surface area (Å²) < 4.78 is 5.10. The van der Waals surface area contributed by atoms with Gasteiger partial charge in [0.25, 0.3) is 5.22 Å². The summed E-state index contributed by atoms with van der Waals surface area (Å²) >= 11 is 6.58. The fourth-order valence-electron chi connectivity index (χ4n) is 1.03. The highest BCUT2D eigenvalue weighted by Crippen LogP contribution is 2.33. The number of aromatic nitrogens is 3. The Hall–Kier alpha value is -1.67. The summed E-state index contributed by atoms with van der Waals surface area (Å²) in [4.78, 5) is 14.1. The molecule has 9 heteroatoms. The first kappa shape index (κ1) is 11.8. The summed E-state index contributed by atoms with van der Waals surface area (Å²) in [5.41, 5.74) is -0.157. The molecule has 88 valence electrons. The lowest BCUT2D eigenvalue weighted by atomic mass is 10.4. The molecule has 0 unspecified atom stereocenters. The van der Waals surface area contributed by atoms with Crippen molar-refractivity contribution in [1.82, 2.24) is 15.2 Å². The van der Waals surface area contributed by atoms with Gasteiger partial charge in [-0.1, -0.05) is 11.6 Å². The lowest BCUT2D eigenvalue weighted by Gasteiger charge is -1.98. The van der Waals surface area contributed by atoms with Gasteiger partial charge in [0.1, 0.15) is 5.15 Å². The molecule has 0 aliphatic carbocycles. The number of nitrogens with zero attached hydrogens (tertiary/aromatic N) is 4. The molecule has 2 rings (SSSR count). The van der Waals surface area contributed by atoms with E-state index in [-0.39, 0.29) is 21.1 Å². The van der Waals surface area contributed by atoms with E-state index in [0.29, 0.717) is 5.89 Å². The minimum absolute atomic E-state index is 0.117. The SMILES string of the molecule is Cc1nnc(Sc2nc(Cl)ccc2[N+](=O)[O-])o1. The summed E-state index contributed by atoms with van der Waals surface area (Å²) in [6, 6.07) is 2.63. The first-order valence-electron chi connectivity index (χ1n) is 4.35. The van der Waals surface area contributed by atoms with E-state index in [0.717, 1.165) is 11.8 Å². The molecule has 2 heterocycles. The van der Waals surface area contributed by atoms with Crippen molar-refractivity contribution in [2.75, 3.05) is 0 Å². The Morgan fingerprint density at radius 1 is 1.47 bits per heavy atom. The molecule has 17 heavy (non-hydrogen) atoms. The van der Waals surface area contributed by atoms with Crippen LogP contribution in [-0.4, -0.2) is 20.1 Å². The van der Waals surface area contributed by atoms with Crippen molar-refractivity contribution in [3.63, 3.8) is 0 Å². The second kappa shape index (κ2) is 4.68. The van der Waals surface area contributed by atoms with Crippen molar-refractivity contribution in [3.05, 3.63) is 33.3 Å². The lowest BCUT2D eigenvalue weighted by molar-refractivity contribution is -0.388. The molecule has 0 saturated heterocycles. The van der Waals surface area contributed by atoms with Gasteiger partial charge in [0.15, 0.2) is 5.03 Å². The molecule has 0 aromatic carbocycles. The van der Waals surface area contributed by atoms with Crippen molar-refractivity contribution in [3.8, 4) is 0 Å². The van der Waals surface area contributed by atoms with Gasteiger partial charge in [0.05, 0.1) is 4.92 Å². The minimum Gasteiger partial charge on any atom is -0.416 e. The van der Waals surface area contributed by atoms with Gasteiger partial charge in [-0.2, -0.15) is 0 Å². The van der Waals surface area contributed by atoms with Crippen LogP contribution in [0.2, 0.25) is 5.15 Å². The lowest BCUT2D eigenvalue weighted by Crippen LogP contribution is -1.93. The molecular formula is C8H5ClN4O3S. The average Bonchev–Trinajstić information content (AvgIpc) is 2.63. The Labute approximate surface area is 104 Å². The van der Waals surface area contributed by atoms with Crippen LogP contribution in [0.5, 0.6) is 0 Å². The summed E-state index contributed by atoms with van der Waals surface area (Å²) in [5, 5.41) is 18.6. The third-order valence-corrected chi connectivity index (χ3v) is 2.74. The smallest absolute Gasteiger partial charge is 0.302 e. The number of nitro groups is 1. The van der Waals surface area contributed by atoms with E-state index in [2.05, 4.69) is 15.2 Å². The topological polar surface area (TPSA) is 95.0 Å². The minimum atomic E-state index is -0.547. The molecule has 0 atom stereocenters. The van der Waals surface area contributed by atoms with E-state index in [1.165, 1.54) is 12.1 Å². The van der Waals surface area contributed by atoms with Gasteiger partial charge >= 0.3 is 5.69 Å². The Morgan fingerprint density at radius 3 is 2.82 bits per heavy atom. The van der Waals surface area contributed by atoms with Gasteiger partial charge in [0.2, 0.25) is 5.89 Å². The fraction of sp³-hybridized carbons (Fsp3) is 0.125. The standard InChI is InChI=1S/C8H5ClN4O3S/c1-4-11-12-8(16-4)17-7-5(13(14)15)2-3-6(9)10-7/h2-3H,1H3. The molecule has 0 bridgehead atoms. The zero-order chi connectivity index (χ0) is 12.4. The van der Waals surface area contributed by atoms with Crippen LogP contribution < -0.4 is 0 Å². The van der Waals surface area contributed by atoms with Crippen LogP contribution in [0.3, 0.4) is 0 Å². The van der Waals surface area contributed by atoms with E-state index < -0.39 is 4.92 Å². The number of hydrogen-bond acceptors (Lipinski definition) is 7. The highest BCUT2D eigenvalue weighted by Gasteiger charge is 2.19. The molecule has 0 radical (unpaired) electrons. The quantitative estimate of drug-likeness (QED) is 0.481. The van der Waals surface area contributed by atoms with E-state index in [1.54, 1.807) is 6.92 Å². The van der Waals surface area contributed by atoms with Gasteiger partial charge < -0.3 is 4.42 Å². The second-order valence-corrected chi connectivity index (χ2v) is 4.23. The van der Waals surface area contributed by atoms with Crippen LogP contribution in [0.15, 0.2) is 26.8 Å². The Balaban J connectivity index is 2.37. The molecular weight excluding hydrogens is 268 g/mol. The fourth-order valence-corrected chi connectivity index (χ4v) is 2.03. The van der Waals surface area contributed by atoms with Crippen LogP contribution in [0, 0.1) is 17.0 Å². The molecule has 2 aromatic rings. The van der Waals surface area contributed by atoms with Gasteiger partial charge in [-0.05, 0) is 17.8 Å². The molecule has 7 nitrogen and oxygen atoms in total. The molecule has 0 saturated carbocycles. The maximum absolute atomic E-state index is 10.8. The third kappa shape index (κ3) is 2.71. The van der Waals surface area contributed by atoms with Gasteiger partial charge in [-0.15, -0.1) is 10.2 Å². The maximum atomic E-state index is 10.8.